The molecule has 3 N–H and O–H groups in total. The molecule has 0 atom stereocenters. The highest BCUT2D eigenvalue weighted by Gasteiger charge is 2.28. The molecule has 3 aromatic carbocycles. The summed E-state index contributed by atoms with van der Waals surface area (Å²) in [5.74, 6) is 0.759. The molecule has 3 rings (SSSR count). The van der Waals surface area contributed by atoms with E-state index in [-0.39, 0.29) is 22.7 Å². The SMILES string of the molecule is CC(CCc1ccc(O)cc1)(c1ccc(O)cc1)c1ccc(O)cc1. The second-order valence-corrected chi connectivity index (χ2v) is 6.59. The molecule has 0 saturated heterocycles. The van der Waals surface area contributed by atoms with E-state index in [4.69, 9.17) is 0 Å². The van der Waals surface area contributed by atoms with Crippen molar-refractivity contribution in [1.29, 1.82) is 0 Å². The van der Waals surface area contributed by atoms with Gasteiger partial charge in [0.15, 0.2) is 0 Å². The summed E-state index contributed by atoms with van der Waals surface area (Å²) in [5, 5.41) is 28.7. The van der Waals surface area contributed by atoms with Gasteiger partial charge in [-0.3, -0.25) is 0 Å². The molecule has 128 valence electrons. The quantitative estimate of drug-likeness (QED) is 0.631. The summed E-state index contributed by atoms with van der Waals surface area (Å²) in [6.45, 7) is 2.17. The molecule has 0 heterocycles. The average Bonchev–Trinajstić information content (AvgIpc) is 2.62. The summed E-state index contributed by atoms with van der Waals surface area (Å²) in [5.41, 5.74) is 3.10. The average molecular weight is 334 g/mol. The Kier molecular flexibility index (Phi) is 4.66. The van der Waals surface area contributed by atoms with Crippen molar-refractivity contribution in [3.63, 3.8) is 0 Å². The van der Waals surface area contributed by atoms with Gasteiger partial charge >= 0.3 is 0 Å². The molecule has 0 radical (unpaired) electrons. The van der Waals surface area contributed by atoms with Gasteiger partial charge in [0.1, 0.15) is 17.2 Å². The van der Waals surface area contributed by atoms with Crippen LogP contribution in [0.4, 0.5) is 0 Å². The predicted octanol–water partition coefficient (Wildman–Crippen LogP) is 4.74. The van der Waals surface area contributed by atoms with E-state index in [1.165, 1.54) is 0 Å². The Morgan fingerprint density at radius 2 is 0.960 bits per heavy atom. The van der Waals surface area contributed by atoms with Crippen LogP contribution < -0.4 is 0 Å². The van der Waals surface area contributed by atoms with Gasteiger partial charge in [-0.15, -0.1) is 0 Å². The Morgan fingerprint density at radius 1 is 0.600 bits per heavy atom. The normalized spacial score (nSPS) is 11.4. The summed E-state index contributed by atoms with van der Waals surface area (Å²) >= 11 is 0. The van der Waals surface area contributed by atoms with Crippen molar-refractivity contribution in [3.8, 4) is 17.2 Å². The lowest BCUT2D eigenvalue weighted by atomic mass is 9.72. The molecule has 3 heteroatoms. The Hall–Kier alpha value is -2.94. The van der Waals surface area contributed by atoms with Crippen molar-refractivity contribution in [3.05, 3.63) is 89.5 Å². The third kappa shape index (κ3) is 3.77. The third-order valence-electron chi connectivity index (χ3n) is 4.86. The smallest absolute Gasteiger partial charge is 0.115 e. The van der Waals surface area contributed by atoms with E-state index in [0.717, 1.165) is 29.5 Å². The second kappa shape index (κ2) is 6.89. The highest BCUT2D eigenvalue weighted by molar-refractivity contribution is 5.42. The molecule has 0 saturated carbocycles. The van der Waals surface area contributed by atoms with E-state index in [2.05, 4.69) is 6.92 Å². The number of rotatable bonds is 5. The highest BCUT2D eigenvalue weighted by Crippen LogP contribution is 2.37. The van der Waals surface area contributed by atoms with Crippen LogP contribution in [0.5, 0.6) is 17.2 Å². The van der Waals surface area contributed by atoms with Crippen LogP contribution in [0.25, 0.3) is 0 Å². The van der Waals surface area contributed by atoms with Gasteiger partial charge in [-0.2, -0.15) is 0 Å². The van der Waals surface area contributed by atoms with Gasteiger partial charge in [0.05, 0.1) is 0 Å². The molecule has 25 heavy (non-hydrogen) atoms. The minimum Gasteiger partial charge on any atom is -0.508 e. The summed E-state index contributed by atoms with van der Waals surface area (Å²) in [4.78, 5) is 0. The lowest BCUT2D eigenvalue weighted by Gasteiger charge is -2.31. The first kappa shape index (κ1) is 16.9. The summed E-state index contributed by atoms with van der Waals surface area (Å²) in [7, 11) is 0. The molecule has 0 aliphatic rings. The zero-order valence-electron chi connectivity index (χ0n) is 14.2. The lowest BCUT2D eigenvalue weighted by Crippen LogP contribution is -2.24. The van der Waals surface area contributed by atoms with Crippen molar-refractivity contribution >= 4 is 0 Å². The maximum Gasteiger partial charge on any atom is 0.115 e. The van der Waals surface area contributed by atoms with Crippen LogP contribution in [-0.2, 0) is 11.8 Å². The molecule has 3 aromatic rings. The first-order valence-corrected chi connectivity index (χ1v) is 8.34. The summed E-state index contributed by atoms with van der Waals surface area (Å²) in [6.07, 6.45) is 1.70. The molecule has 0 aliphatic carbocycles. The van der Waals surface area contributed by atoms with Crippen LogP contribution >= 0.6 is 0 Å². The first-order chi connectivity index (χ1) is 12.0. The van der Waals surface area contributed by atoms with Crippen molar-refractivity contribution < 1.29 is 15.3 Å². The Labute approximate surface area is 147 Å². The van der Waals surface area contributed by atoms with Gasteiger partial charge < -0.3 is 15.3 Å². The van der Waals surface area contributed by atoms with Crippen LogP contribution in [0, 0.1) is 0 Å². The molecule has 0 amide bonds. The van der Waals surface area contributed by atoms with Gasteiger partial charge in [-0.05, 0) is 65.9 Å². The molecule has 0 fully saturated rings. The Bertz CT molecular complexity index is 773. The van der Waals surface area contributed by atoms with Gasteiger partial charge in [0.2, 0.25) is 0 Å². The third-order valence-corrected chi connectivity index (χ3v) is 4.86. The minimum absolute atomic E-state index is 0.246. The number of aryl methyl sites for hydroxylation is 1. The number of benzene rings is 3. The largest absolute Gasteiger partial charge is 0.508 e. The van der Waals surface area contributed by atoms with Crippen LogP contribution in [0.3, 0.4) is 0 Å². The standard InChI is InChI=1S/C22H22O3/c1-22(17-4-10-20(24)11-5-17,18-6-12-21(25)13-7-18)15-14-16-2-8-19(23)9-3-16/h2-13,23-25H,14-15H2,1H3. The Morgan fingerprint density at radius 3 is 1.36 bits per heavy atom. The molecule has 0 aliphatic heterocycles. The molecule has 3 nitrogen and oxygen atoms in total. The number of phenolic OH excluding ortho intramolecular Hbond substituents is 3. The van der Waals surface area contributed by atoms with E-state index in [1.54, 1.807) is 36.4 Å². The zero-order valence-corrected chi connectivity index (χ0v) is 14.2. The number of hydrogen-bond donors (Lipinski definition) is 3. The van der Waals surface area contributed by atoms with Crippen molar-refractivity contribution in [1.82, 2.24) is 0 Å². The minimum atomic E-state index is -0.265. The molecule has 0 bridgehead atoms. The lowest BCUT2D eigenvalue weighted by molar-refractivity contribution is 0.470. The summed E-state index contributed by atoms with van der Waals surface area (Å²) in [6, 6.07) is 21.9. The topological polar surface area (TPSA) is 60.7 Å². The van der Waals surface area contributed by atoms with Crippen molar-refractivity contribution in [2.45, 2.75) is 25.2 Å². The maximum absolute atomic E-state index is 9.61. The van der Waals surface area contributed by atoms with Gasteiger partial charge in [-0.25, -0.2) is 0 Å². The fourth-order valence-electron chi connectivity index (χ4n) is 3.17. The van der Waals surface area contributed by atoms with Crippen molar-refractivity contribution in [2.75, 3.05) is 0 Å². The molecule has 0 unspecified atom stereocenters. The highest BCUT2D eigenvalue weighted by atomic mass is 16.3. The monoisotopic (exact) mass is 334 g/mol. The number of aromatic hydroxyl groups is 3. The van der Waals surface area contributed by atoms with Gasteiger partial charge in [0.25, 0.3) is 0 Å². The van der Waals surface area contributed by atoms with Gasteiger partial charge in [-0.1, -0.05) is 43.3 Å². The van der Waals surface area contributed by atoms with Crippen LogP contribution in [0.1, 0.15) is 30.0 Å². The van der Waals surface area contributed by atoms with E-state index in [0.29, 0.717) is 0 Å². The van der Waals surface area contributed by atoms with E-state index < -0.39 is 0 Å². The predicted molar refractivity (Wildman–Crippen MR) is 99.1 cm³/mol. The molecular formula is C22H22O3. The summed E-state index contributed by atoms with van der Waals surface area (Å²) < 4.78 is 0. The van der Waals surface area contributed by atoms with Crippen LogP contribution in [0.2, 0.25) is 0 Å². The second-order valence-electron chi connectivity index (χ2n) is 6.59. The number of phenols is 3. The van der Waals surface area contributed by atoms with Crippen LogP contribution in [0.15, 0.2) is 72.8 Å². The van der Waals surface area contributed by atoms with Gasteiger partial charge in [0, 0.05) is 5.41 Å². The maximum atomic E-state index is 9.61. The Balaban J connectivity index is 1.94. The zero-order chi connectivity index (χ0) is 17.9. The van der Waals surface area contributed by atoms with E-state index in [9.17, 15) is 15.3 Å². The van der Waals surface area contributed by atoms with Crippen LogP contribution in [-0.4, -0.2) is 15.3 Å². The van der Waals surface area contributed by atoms with Crippen molar-refractivity contribution in [2.24, 2.45) is 0 Å². The van der Waals surface area contributed by atoms with E-state index in [1.807, 2.05) is 36.4 Å². The fourth-order valence-corrected chi connectivity index (χ4v) is 3.17. The molecule has 0 spiro atoms. The fraction of sp³-hybridized carbons (Fsp3) is 0.182. The molecule has 0 aromatic heterocycles. The number of hydrogen-bond acceptors (Lipinski definition) is 3. The first-order valence-electron chi connectivity index (χ1n) is 8.34. The van der Waals surface area contributed by atoms with E-state index >= 15 is 0 Å². The molecular weight excluding hydrogens is 312 g/mol.